The lowest BCUT2D eigenvalue weighted by Gasteiger charge is -2.40. The second-order valence-electron chi connectivity index (χ2n) is 9.73. The number of rotatable bonds is 6. The lowest BCUT2D eigenvalue weighted by molar-refractivity contribution is 0.0959. The van der Waals surface area contributed by atoms with Gasteiger partial charge in [-0.3, -0.25) is 9.69 Å². The highest BCUT2D eigenvalue weighted by Crippen LogP contribution is 2.36. The third-order valence-corrected chi connectivity index (χ3v) is 7.50. The number of carbonyl (C=O) groups excluding carboxylic acids is 1. The van der Waals surface area contributed by atoms with Crippen molar-refractivity contribution in [3.63, 3.8) is 0 Å². The predicted molar refractivity (Wildman–Crippen MR) is 144 cm³/mol. The Labute approximate surface area is 217 Å². The van der Waals surface area contributed by atoms with Crippen molar-refractivity contribution in [2.75, 3.05) is 43.4 Å². The highest BCUT2D eigenvalue weighted by molar-refractivity contribution is 6.03. The number of benzene rings is 2. The topological polar surface area (TPSA) is 74.5 Å². The van der Waals surface area contributed by atoms with Crippen molar-refractivity contribution in [3.8, 4) is 0 Å². The zero-order chi connectivity index (χ0) is 25.2. The molecule has 1 atom stereocenters. The Kier molecular flexibility index (Phi) is 6.45. The van der Waals surface area contributed by atoms with Crippen molar-refractivity contribution in [2.45, 2.75) is 24.8 Å². The summed E-state index contributed by atoms with van der Waals surface area (Å²) in [4.78, 5) is 27.6. The number of nitrogens with one attached hydrogen (secondary N) is 1. The molecule has 0 bridgehead atoms. The number of hydrogen-bond donors (Lipinski definition) is 1. The number of aromatic nitrogens is 2. The molecular weight excluding hydrogens is 462 g/mol. The van der Waals surface area contributed by atoms with Gasteiger partial charge in [0.25, 0.3) is 0 Å². The molecule has 1 aliphatic carbocycles. The van der Waals surface area contributed by atoms with E-state index in [2.05, 4.69) is 75.8 Å². The summed E-state index contributed by atoms with van der Waals surface area (Å²) in [5, 5.41) is 3.15. The molecule has 1 fully saturated rings. The van der Waals surface area contributed by atoms with Gasteiger partial charge in [-0.05, 0) is 23.3 Å². The van der Waals surface area contributed by atoms with Gasteiger partial charge in [-0.2, -0.15) is 4.98 Å². The molecule has 188 valence electrons. The van der Waals surface area contributed by atoms with Gasteiger partial charge in [0.15, 0.2) is 5.78 Å². The number of nitrogens with zero attached hydrogens (tertiary/aromatic N) is 4. The van der Waals surface area contributed by atoms with E-state index in [9.17, 15) is 4.79 Å². The molecule has 7 nitrogen and oxygen atoms in total. The smallest absolute Gasteiger partial charge is 0.227 e. The fraction of sp³-hybridized carbons (Fsp3) is 0.300. The van der Waals surface area contributed by atoms with Crippen molar-refractivity contribution in [3.05, 3.63) is 107 Å². The number of piperazine rings is 1. The fourth-order valence-electron chi connectivity index (χ4n) is 5.68. The van der Waals surface area contributed by atoms with Crippen LogP contribution in [0.15, 0.2) is 83.5 Å². The van der Waals surface area contributed by atoms with Crippen LogP contribution in [0.25, 0.3) is 0 Å². The molecule has 0 unspecified atom stereocenters. The van der Waals surface area contributed by atoms with E-state index in [0.717, 1.165) is 37.6 Å². The van der Waals surface area contributed by atoms with E-state index in [1.807, 2.05) is 19.2 Å². The predicted octanol–water partition coefficient (Wildman–Crippen LogP) is 4.94. The lowest BCUT2D eigenvalue weighted by Crippen LogP contribution is -2.48. The van der Waals surface area contributed by atoms with Crippen LogP contribution in [0, 0.1) is 0 Å². The molecule has 2 aliphatic rings. The highest BCUT2D eigenvalue weighted by Gasteiger charge is 2.34. The molecule has 37 heavy (non-hydrogen) atoms. The summed E-state index contributed by atoms with van der Waals surface area (Å²) >= 11 is 0. The Balaban J connectivity index is 1.25. The van der Waals surface area contributed by atoms with E-state index in [-0.39, 0.29) is 17.7 Å². The molecule has 3 heterocycles. The Bertz CT molecular complexity index is 1310. The molecule has 4 aromatic rings. The summed E-state index contributed by atoms with van der Waals surface area (Å²) in [5.74, 6) is 2.23. The summed E-state index contributed by atoms with van der Waals surface area (Å²) < 4.78 is 5.62. The average Bonchev–Trinajstić information content (AvgIpc) is 3.49. The monoisotopic (exact) mass is 493 g/mol. The number of hydrogen-bond acceptors (Lipinski definition) is 7. The van der Waals surface area contributed by atoms with E-state index < -0.39 is 0 Å². The first kappa shape index (κ1) is 23.4. The maximum Gasteiger partial charge on any atom is 0.227 e. The van der Waals surface area contributed by atoms with Gasteiger partial charge in [0, 0.05) is 52.0 Å². The molecule has 1 aliphatic heterocycles. The fourth-order valence-corrected chi connectivity index (χ4v) is 5.68. The normalized spacial score (nSPS) is 18.2. The Morgan fingerprint density at radius 1 is 0.865 bits per heavy atom. The highest BCUT2D eigenvalue weighted by atomic mass is 16.3. The van der Waals surface area contributed by atoms with Crippen LogP contribution >= 0.6 is 0 Å². The largest absolute Gasteiger partial charge is 0.469 e. The van der Waals surface area contributed by atoms with Crippen molar-refractivity contribution in [1.82, 2.24) is 14.9 Å². The SMILES string of the molecule is CNc1nc(N2CCN(C(c3ccccc3)c3ccccc3)CC2)nc2c1C(=O)C[C@H](c1ccco1)C2. The second kappa shape index (κ2) is 10.2. The van der Waals surface area contributed by atoms with Crippen molar-refractivity contribution in [2.24, 2.45) is 0 Å². The molecule has 0 amide bonds. The lowest BCUT2D eigenvalue weighted by atomic mass is 9.84. The maximum absolute atomic E-state index is 13.1. The number of furan rings is 1. The van der Waals surface area contributed by atoms with Gasteiger partial charge < -0.3 is 14.6 Å². The van der Waals surface area contributed by atoms with Crippen LogP contribution in [0.3, 0.4) is 0 Å². The molecule has 7 heteroatoms. The first-order chi connectivity index (χ1) is 18.2. The van der Waals surface area contributed by atoms with E-state index in [1.165, 1.54) is 11.1 Å². The van der Waals surface area contributed by atoms with Crippen LogP contribution in [-0.4, -0.2) is 53.9 Å². The summed E-state index contributed by atoms with van der Waals surface area (Å²) in [6, 6.07) is 25.4. The zero-order valence-electron chi connectivity index (χ0n) is 21.0. The zero-order valence-corrected chi connectivity index (χ0v) is 21.0. The minimum Gasteiger partial charge on any atom is -0.469 e. The Morgan fingerprint density at radius 2 is 1.54 bits per heavy atom. The molecule has 0 spiro atoms. The number of ketones is 1. The number of carbonyl (C=O) groups is 1. The van der Waals surface area contributed by atoms with Crippen LogP contribution < -0.4 is 10.2 Å². The molecule has 1 N–H and O–H groups in total. The number of anilines is 2. The van der Waals surface area contributed by atoms with Gasteiger partial charge in [0.05, 0.1) is 23.6 Å². The third-order valence-electron chi connectivity index (χ3n) is 7.50. The van der Waals surface area contributed by atoms with E-state index in [0.29, 0.717) is 30.2 Å². The maximum atomic E-state index is 13.1. The molecule has 1 saturated heterocycles. The standard InChI is InChI=1S/C30H31N5O2/c1-31-29-27-24(19-23(20-25(27)36)26-13-8-18-37-26)32-30(33-29)35-16-14-34(15-17-35)28(21-9-4-2-5-10-21)22-11-6-3-7-12-22/h2-13,18,23,28H,14-17,19-20H2,1H3,(H,31,32,33)/t23-/m1/s1. The molecule has 0 radical (unpaired) electrons. The van der Waals surface area contributed by atoms with Crippen LogP contribution in [-0.2, 0) is 6.42 Å². The van der Waals surface area contributed by atoms with Gasteiger partial charge in [0.2, 0.25) is 5.95 Å². The first-order valence-corrected chi connectivity index (χ1v) is 13.0. The quantitative estimate of drug-likeness (QED) is 0.408. The second-order valence-corrected chi connectivity index (χ2v) is 9.73. The molecule has 6 rings (SSSR count). The minimum absolute atomic E-state index is 0.0109. The summed E-state index contributed by atoms with van der Waals surface area (Å²) in [6.07, 6.45) is 2.75. The summed E-state index contributed by atoms with van der Waals surface area (Å²) in [7, 11) is 1.82. The van der Waals surface area contributed by atoms with Crippen LogP contribution in [0.1, 0.15) is 51.3 Å². The van der Waals surface area contributed by atoms with Gasteiger partial charge in [-0.25, -0.2) is 4.98 Å². The van der Waals surface area contributed by atoms with E-state index in [4.69, 9.17) is 14.4 Å². The molecule has 2 aromatic carbocycles. The van der Waals surface area contributed by atoms with Gasteiger partial charge in [0.1, 0.15) is 11.6 Å². The Hall–Kier alpha value is -3.97. The van der Waals surface area contributed by atoms with E-state index in [1.54, 1.807) is 6.26 Å². The first-order valence-electron chi connectivity index (χ1n) is 13.0. The molecule has 2 aromatic heterocycles. The van der Waals surface area contributed by atoms with Crippen LogP contribution in [0.5, 0.6) is 0 Å². The van der Waals surface area contributed by atoms with Crippen molar-refractivity contribution >= 4 is 17.5 Å². The summed E-state index contributed by atoms with van der Waals surface area (Å²) in [6.45, 7) is 3.40. The van der Waals surface area contributed by atoms with Crippen molar-refractivity contribution < 1.29 is 9.21 Å². The van der Waals surface area contributed by atoms with Gasteiger partial charge in [-0.1, -0.05) is 60.7 Å². The van der Waals surface area contributed by atoms with Crippen LogP contribution in [0.4, 0.5) is 11.8 Å². The summed E-state index contributed by atoms with van der Waals surface area (Å²) in [5.41, 5.74) is 4.03. The Morgan fingerprint density at radius 3 is 2.14 bits per heavy atom. The third kappa shape index (κ3) is 4.62. The van der Waals surface area contributed by atoms with Gasteiger partial charge >= 0.3 is 0 Å². The average molecular weight is 494 g/mol. The van der Waals surface area contributed by atoms with Gasteiger partial charge in [-0.15, -0.1) is 0 Å². The minimum atomic E-state index is 0.0109. The van der Waals surface area contributed by atoms with Crippen LogP contribution in [0.2, 0.25) is 0 Å². The number of fused-ring (bicyclic) bond motifs is 1. The van der Waals surface area contributed by atoms with E-state index >= 15 is 0 Å². The van der Waals surface area contributed by atoms with Crippen molar-refractivity contribution in [1.29, 1.82) is 0 Å². The molecule has 0 saturated carbocycles. The number of Topliss-reactive ketones (excluding diaryl/α,β-unsaturated/α-hetero) is 1. The molecular formula is C30H31N5O2.